The summed E-state index contributed by atoms with van der Waals surface area (Å²) >= 11 is 1.67. The predicted octanol–water partition coefficient (Wildman–Crippen LogP) is 2.48. The first kappa shape index (κ1) is 12.3. The highest BCUT2D eigenvalue weighted by atomic mass is 32.1. The molecule has 1 atom stereocenters. The van der Waals surface area contributed by atoms with Crippen LogP contribution in [0.1, 0.15) is 20.3 Å². The van der Waals surface area contributed by atoms with E-state index in [4.69, 9.17) is 5.73 Å². The van der Waals surface area contributed by atoms with E-state index >= 15 is 0 Å². The van der Waals surface area contributed by atoms with E-state index in [-0.39, 0.29) is 0 Å². The number of rotatable bonds is 5. The topological polar surface area (TPSA) is 63.8 Å². The fourth-order valence-corrected chi connectivity index (χ4v) is 2.62. The summed E-state index contributed by atoms with van der Waals surface area (Å²) in [6, 6.07) is 2.38. The number of aromatic nitrogens is 2. The second kappa shape index (κ2) is 5.42. The molecule has 2 heterocycles. The fourth-order valence-electron chi connectivity index (χ4n) is 1.82. The van der Waals surface area contributed by atoms with Crippen molar-refractivity contribution < 1.29 is 0 Å². The largest absolute Gasteiger partial charge is 0.366 e. The molecule has 0 amide bonds. The highest BCUT2D eigenvalue weighted by Gasteiger charge is 2.14. The fraction of sp³-hybridized carbons (Fsp3) is 0.500. The van der Waals surface area contributed by atoms with E-state index in [1.807, 2.05) is 11.4 Å². The highest BCUT2D eigenvalue weighted by molar-refractivity contribution is 7.17. The number of nitrogens with two attached hydrogens (primary N) is 1. The Balaban J connectivity index is 2.24. The van der Waals surface area contributed by atoms with Gasteiger partial charge in [-0.2, -0.15) is 0 Å². The van der Waals surface area contributed by atoms with Crippen LogP contribution in [0.15, 0.2) is 17.8 Å². The Morgan fingerprint density at radius 1 is 1.41 bits per heavy atom. The van der Waals surface area contributed by atoms with Crippen molar-refractivity contribution in [3.63, 3.8) is 0 Å². The number of hydrogen-bond acceptors (Lipinski definition) is 5. The van der Waals surface area contributed by atoms with Gasteiger partial charge in [-0.1, -0.05) is 13.8 Å². The maximum Gasteiger partial charge on any atom is 0.147 e. The molecule has 2 rings (SSSR count). The van der Waals surface area contributed by atoms with Crippen molar-refractivity contribution in [1.82, 2.24) is 9.97 Å². The summed E-state index contributed by atoms with van der Waals surface area (Å²) in [7, 11) is 0. The average molecular weight is 250 g/mol. The molecule has 4 nitrogen and oxygen atoms in total. The van der Waals surface area contributed by atoms with Gasteiger partial charge in [0.25, 0.3) is 0 Å². The Bertz CT molecular complexity index is 480. The number of nitrogens with one attached hydrogen (secondary N) is 1. The molecule has 0 bridgehead atoms. The quantitative estimate of drug-likeness (QED) is 0.855. The van der Waals surface area contributed by atoms with Gasteiger partial charge in [0, 0.05) is 6.04 Å². The van der Waals surface area contributed by atoms with Crippen LogP contribution in [0.25, 0.3) is 10.2 Å². The summed E-state index contributed by atoms with van der Waals surface area (Å²) < 4.78 is 1.12. The minimum Gasteiger partial charge on any atom is -0.366 e. The molecule has 92 valence electrons. The van der Waals surface area contributed by atoms with Crippen molar-refractivity contribution in [3.05, 3.63) is 17.8 Å². The van der Waals surface area contributed by atoms with Crippen molar-refractivity contribution in [3.8, 4) is 0 Å². The van der Waals surface area contributed by atoms with Gasteiger partial charge in [0.05, 0.1) is 10.2 Å². The molecule has 0 aliphatic rings. The minimum absolute atomic E-state index is 0.361. The lowest BCUT2D eigenvalue weighted by atomic mass is 10.0. The van der Waals surface area contributed by atoms with Crippen LogP contribution in [0, 0.1) is 5.92 Å². The highest BCUT2D eigenvalue weighted by Crippen LogP contribution is 2.26. The van der Waals surface area contributed by atoms with Crippen LogP contribution >= 0.6 is 11.3 Å². The minimum atomic E-state index is 0.361. The summed E-state index contributed by atoms with van der Waals surface area (Å²) in [4.78, 5) is 8.57. The molecule has 0 saturated heterocycles. The SMILES string of the molecule is CC(C)C(CCN)Nc1ncnc2ccsc12. The van der Waals surface area contributed by atoms with Crippen LogP contribution in [-0.2, 0) is 0 Å². The Labute approximate surface area is 105 Å². The van der Waals surface area contributed by atoms with Gasteiger partial charge in [-0.25, -0.2) is 9.97 Å². The number of fused-ring (bicyclic) bond motifs is 1. The molecule has 2 aromatic rings. The maximum absolute atomic E-state index is 5.64. The summed E-state index contributed by atoms with van der Waals surface area (Å²) in [5.74, 6) is 1.46. The molecule has 0 saturated carbocycles. The molecule has 0 aliphatic carbocycles. The zero-order valence-corrected chi connectivity index (χ0v) is 11.0. The molecule has 3 N–H and O–H groups in total. The van der Waals surface area contributed by atoms with Crippen molar-refractivity contribution in [1.29, 1.82) is 0 Å². The first-order valence-electron chi connectivity index (χ1n) is 5.87. The van der Waals surface area contributed by atoms with E-state index in [0.29, 0.717) is 18.5 Å². The predicted molar refractivity (Wildman–Crippen MR) is 73.3 cm³/mol. The van der Waals surface area contributed by atoms with Crippen LogP contribution in [0.3, 0.4) is 0 Å². The number of anilines is 1. The third-order valence-electron chi connectivity index (χ3n) is 2.85. The Kier molecular flexibility index (Phi) is 3.91. The zero-order chi connectivity index (χ0) is 12.3. The van der Waals surface area contributed by atoms with Crippen molar-refractivity contribution in [2.45, 2.75) is 26.3 Å². The average Bonchev–Trinajstić information content (AvgIpc) is 2.77. The van der Waals surface area contributed by atoms with Gasteiger partial charge in [-0.15, -0.1) is 11.3 Å². The number of hydrogen-bond donors (Lipinski definition) is 2. The van der Waals surface area contributed by atoms with Crippen LogP contribution < -0.4 is 11.1 Å². The molecule has 2 aromatic heterocycles. The molecule has 1 unspecified atom stereocenters. The smallest absolute Gasteiger partial charge is 0.147 e. The van der Waals surface area contributed by atoms with E-state index in [2.05, 4.69) is 29.1 Å². The summed E-state index contributed by atoms with van der Waals surface area (Å²) in [5, 5.41) is 5.53. The van der Waals surface area contributed by atoms with E-state index in [1.165, 1.54) is 0 Å². The van der Waals surface area contributed by atoms with Gasteiger partial charge in [0.2, 0.25) is 0 Å². The maximum atomic E-state index is 5.64. The Hall–Kier alpha value is -1.20. The molecule has 0 aromatic carbocycles. The second-order valence-corrected chi connectivity index (χ2v) is 5.35. The summed E-state index contributed by atoms with van der Waals surface area (Å²) in [6.07, 6.45) is 2.56. The Morgan fingerprint density at radius 2 is 2.24 bits per heavy atom. The van der Waals surface area contributed by atoms with Crippen LogP contribution in [0.4, 0.5) is 5.82 Å². The normalized spacial score (nSPS) is 13.2. The van der Waals surface area contributed by atoms with Gasteiger partial charge >= 0.3 is 0 Å². The lowest BCUT2D eigenvalue weighted by molar-refractivity contribution is 0.498. The molecule has 0 aliphatic heterocycles. The lowest BCUT2D eigenvalue weighted by Gasteiger charge is -2.22. The first-order valence-corrected chi connectivity index (χ1v) is 6.75. The zero-order valence-electron chi connectivity index (χ0n) is 10.2. The van der Waals surface area contributed by atoms with Crippen LogP contribution in [0.2, 0.25) is 0 Å². The second-order valence-electron chi connectivity index (χ2n) is 4.43. The Morgan fingerprint density at radius 3 is 2.94 bits per heavy atom. The van der Waals surface area contributed by atoms with Gasteiger partial charge in [0.15, 0.2) is 0 Å². The number of nitrogens with zero attached hydrogens (tertiary/aromatic N) is 2. The number of thiophene rings is 1. The van der Waals surface area contributed by atoms with Crippen LogP contribution in [-0.4, -0.2) is 22.6 Å². The van der Waals surface area contributed by atoms with Crippen molar-refractivity contribution in [2.75, 3.05) is 11.9 Å². The molecule has 0 radical (unpaired) electrons. The van der Waals surface area contributed by atoms with Gasteiger partial charge in [0.1, 0.15) is 12.1 Å². The molecular weight excluding hydrogens is 232 g/mol. The lowest BCUT2D eigenvalue weighted by Crippen LogP contribution is -2.28. The third kappa shape index (κ3) is 2.73. The molecule has 0 spiro atoms. The molecule has 5 heteroatoms. The molecular formula is C12H18N4S. The third-order valence-corrected chi connectivity index (χ3v) is 3.76. The first-order chi connectivity index (χ1) is 8.22. The molecule has 17 heavy (non-hydrogen) atoms. The van der Waals surface area contributed by atoms with Crippen molar-refractivity contribution in [2.24, 2.45) is 11.7 Å². The van der Waals surface area contributed by atoms with Gasteiger partial charge < -0.3 is 11.1 Å². The summed E-state index contributed by atoms with van der Waals surface area (Å²) in [5.41, 5.74) is 6.65. The van der Waals surface area contributed by atoms with E-state index in [0.717, 1.165) is 22.5 Å². The standard InChI is InChI=1S/C12H18N4S/c1-8(2)9(3-5-13)16-12-11-10(4-6-17-11)14-7-15-12/h4,6-9H,3,5,13H2,1-2H3,(H,14,15,16). The van der Waals surface area contributed by atoms with E-state index in [1.54, 1.807) is 17.7 Å². The monoisotopic (exact) mass is 250 g/mol. The van der Waals surface area contributed by atoms with E-state index < -0.39 is 0 Å². The van der Waals surface area contributed by atoms with Crippen molar-refractivity contribution >= 4 is 27.4 Å². The summed E-state index contributed by atoms with van der Waals surface area (Å²) in [6.45, 7) is 5.08. The molecule has 0 fully saturated rings. The van der Waals surface area contributed by atoms with E-state index in [9.17, 15) is 0 Å². The van der Waals surface area contributed by atoms with Gasteiger partial charge in [-0.05, 0) is 30.3 Å². The van der Waals surface area contributed by atoms with Gasteiger partial charge in [-0.3, -0.25) is 0 Å². The van der Waals surface area contributed by atoms with Crippen LogP contribution in [0.5, 0.6) is 0 Å².